The van der Waals surface area contributed by atoms with Gasteiger partial charge in [0, 0.05) is 11.8 Å². The number of benzene rings is 2. The van der Waals surface area contributed by atoms with E-state index in [2.05, 4.69) is 21.4 Å². The number of hydrogen-bond donors (Lipinski definition) is 1. The Morgan fingerprint density at radius 3 is 2.52 bits per heavy atom. The Bertz CT molecular complexity index is 1190. The van der Waals surface area contributed by atoms with Gasteiger partial charge in [0.2, 0.25) is 0 Å². The van der Waals surface area contributed by atoms with Gasteiger partial charge in [-0.15, -0.1) is 0 Å². The van der Waals surface area contributed by atoms with Crippen LogP contribution in [0.5, 0.6) is 0 Å². The highest BCUT2D eigenvalue weighted by Crippen LogP contribution is 2.24. The lowest BCUT2D eigenvalue weighted by Gasteiger charge is -2.11. The van der Waals surface area contributed by atoms with Gasteiger partial charge < -0.3 is 5.32 Å². The van der Waals surface area contributed by atoms with E-state index in [0.717, 1.165) is 11.3 Å². The van der Waals surface area contributed by atoms with Gasteiger partial charge in [0.05, 0.1) is 22.7 Å². The zero-order valence-electron chi connectivity index (χ0n) is 14.9. The van der Waals surface area contributed by atoms with Gasteiger partial charge in [-0.3, -0.25) is 4.57 Å². The number of nitrogens with zero attached hydrogens (tertiary/aromatic N) is 4. The minimum absolute atomic E-state index is 0.349. The highest BCUT2D eigenvalue weighted by atomic mass is 19.1. The number of halogens is 1. The number of imidazole rings is 1. The number of nitrogens with one attached hydrogen (secondary N) is 1. The maximum absolute atomic E-state index is 13.8. The van der Waals surface area contributed by atoms with Crippen molar-refractivity contribution >= 4 is 22.5 Å². The molecule has 0 spiro atoms. The Balaban J connectivity index is 1.84. The average molecular weight is 357 g/mol. The van der Waals surface area contributed by atoms with Crippen molar-refractivity contribution in [2.24, 2.45) is 0 Å². The molecule has 2 aromatic heterocycles. The van der Waals surface area contributed by atoms with Gasteiger partial charge in [-0.25, -0.2) is 14.4 Å². The molecule has 0 amide bonds. The number of hydrogen-bond acceptors (Lipinski definition) is 4. The normalized spacial score (nSPS) is 10.7. The molecule has 0 aliphatic heterocycles. The molecule has 27 heavy (non-hydrogen) atoms. The number of aryl methyl sites for hydroxylation is 2. The fraction of sp³-hybridized carbons (Fsp3) is 0.0952. The minimum atomic E-state index is -0.349. The molecular weight excluding hydrogens is 341 g/mol. The lowest BCUT2D eigenvalue weighted by Crippen LogP contribution is -2.04. The zero-order valence-corrected chi connectivity index (χ0v) is 14.9. The van der Waals surface area contributed by atoms with E-state index in [-0.39, 0.29) is 5.82 Å². The van der Waals surface area contributed by atoms with Crippen LogP contribution in [0.15, 0.2) is 54.6 Å². The number of pyridine rings is 1. The van der Waals surface area contributed by atoms with Crippen LogP contribution < -0.4 is 5.32 Å². The van der Waals surface area contributed by atoms with Crippen molar-refractivity contribution in [1.82, 2.24) is 14.5 Å². The molecule has 0 unspecified atom stereocenters. The zero-order chi connectivity index (χ0) is 19.0. The van der Waals surface area contributed by atoms with Crippen LogP contribution in [0.3, 0.4) is 0 Å². The third-order valence-corrected chi connectivity index (χ3v) is 4.28. The van der Waals surface area contributed by atoms with Gasteiger partial charge in [0.1, 0.15) is 23.3 Å². The third kappa shape index (κ3) is 3.23. The average Bonchev–Trinajstić information content (AvgIpc) is 2.98. The van der Waals surface area contributed by atoms with Crippen LogP contribution in [0.4, 0.5) is 15.9 Å². The molecule has 6 heteroatoms. The molecule has 0 fully saturated rings. The van der Waals surface area contributed by atoms with Crippen LogP contribution in [-0.2, 0) is 0 Å². The Morgan fingerprint density at radius 1 is 1.00 bits per heavy atom. The van der Waals surface area contributed by atoms with Crippen molar-refractivity contribution in [3.05, 3.63) is 77.4 Å². The van der Waals surface area contributed by atoms with Gasteiger partial charge in [0.25, 0.3) is 0 Å². The Hall–Kier alpha value is -3.72. The first-order valence-electron chi connectivity index (χ1n) is 8.44. The van der Waals surface area contributed by atoms with Gasteiger partial charge in [-0.1, -0.05) is 17.7 Å². The van der Waals surface area contributed by atoms with Crippen LogP contribution >= 0.6 is 0 Å². The summed E-state index contributed by atoms with van der Waals surface area (Å²) in [5.41, 5.74) is 3.75. The van der Waals surface area contributed by atoms with E-state index in [9.17, 15) is 9.65 Å². The second kappa shape index (κ2) is 6.54. The SMILES string of the molecule is Cc1ccc(Nc2cc(C#N)cc(-n3c(C)nc4ccc(F)cc43)n2)cc1. The van der Waals surface area contributed by atoms with E-state index in [0.29, 0.717) is 34.1 Å². The van der Waals surface area contributed by atoms with Crippen molar-refractivity contribution in [2.45, 2.75) is 13.8 Å². The first kappa shape index (κ1) is 16.7. The second-order valence-electron chi connectivity index (χ2n) is 6.33. The summed E-state index contributed by atoms with van der Waals surface area (Å²) in [6, 6.07) is 17.8. The summed E-state index contributed by atoms with van der Waals surface area (Å²) in [6.07, 6.45) is 0. The molecule has 5 nitrogen and oxygen atoms in total. The predicted molar refractivity (Wildman–Crippen MR) is 103 cm³/mol. The number of fused-ring (bicyclic) bond motifs is 1. The summed E-state index contributed by atoms with van der Waals surface area (Å²) >= 11 is 0. The fourth-order valence-electron chi connectivity index (χ4n) is 3.00. The summed E-state index contributed by atoms with van der Waals surface area (Å²) in [6.45, 7) is 3.84. The van der Waals surface area contributed by atoms with Crippen molar-refractivity contribution in [1.29, 1.82) is 5.26 Å². The lowest BCUT2D eigenvalue weighted by atomic mass is 10.2. The van der Waals surface area contributed by atoms with Gasteiger partial charge in [0.15, 0.2) is 0 Å². The maximum atomic E-state index is 13.8. The number of aromatic nitrogens is 3. The van der Waals surface area contributed by atoms with E-state index in [1.54, 1.807) is 22.8 Å². The third-order valence-electron chi connectivity index (χ3n) is 4.28. The van der Waals surface area contributed by atoms with Crippen LogP contribution in [0.25, 0.3) is 16.9 Å². The molecule has 0 bridgehead atoms. The fourth-order valence-corrected chi connectivity index (χ4v) is 3.00. The first-order chi connectivity index (χ1) is 13.0. The molecule has 132 valence electrons. The van der Waals surface area contributed by atoms with E-state index >= 15 is 0 Å². The predicted octanol–water partition coefficient (Wildman–Crippen LogP) is 4.79. The van der Waals surface area contributed by atoms with Crippen molar-refractivity contribution < 1.29 is 4.39 Å². The van der Waals surface area contributed by atoms with Gasteiger partial charge in [-0.05, 0) is 50.2 Å². The Morgan fingerprint density at radius 2 is 1.78 bits per heavy atom. The number of rotatable bonds is 3. The number of nitriles is 1. The molecule has 0 aliphatic rings. The summed E-state index contributed by atoms with van der Waals surface area (Å²) in [5.74, 6) is 1.36. The molecule has 1 N–H and O–H groups in total. The highest BCUT2D eigenvalue weighted by Gasteiger charge is 2.13. The van der Waals surface area contributed by atoms with Crippen molar-refractivity contribution in [3.63, 3.8) is 0 Å². The minimum Gasteiger partial charge on any atom is -0.340 e. The summed E-state index contributed by atoms with van der Waals surface area (Å²) in [7, 11) is 0. The van der Waals surface area contributed by atoms with Crippen LogP contribution in [0.1, 0.15) is 17.0 Å². The highest BCUT2D eigenvalue weighted by molar-refractivity contribution is 5.78. The second-order valence-corrected chi connectivity index (χ2v) is 6.33. The molecule has 4 rings (SSSR count). The molecule has 0 saturated carbocycles. The van der Waals surface area contributed by atoms with Crippen molar-refractivity contribution in [2.75, 3.05) is 5.32 Å². The first-order valence-corrected chi connectivity index (χ1v) is 8.44. The van der Waals surface area contributed by atoms with E-state index < -0.39 is 0 Å². The van der Waals surface area contributed by atoms with E-state index in [1.165, 1.54) is 12.1 Å². The Kier molecular flexibility index (Phi) is 4.05. The smallest absolute Gasteiger partial charge is 0.142 e. The van der Waals surface area contributed by atoms with Crippen LogP contribution in [0.2, 0.25) is 0 Å². The molecule has 2 aromatic carbocycles. The summed E-state index contributed by atoms with van der Waals surface area (Å²) < 4.78 is 15.5. The monoisotopic (exact) mass is 357 g/mol. The van der Waals surface area contributed by atoms with E-state index in [1.807, 2.05) is 38.1 Å². The largest absolute Gasteiger partial charge is 0.340 e. The molecule has 0 atom stereocenters. The quantitative estimate of drug-likeness (QED) is 0.572. The van der Waals surface area contributed by atoms with Crippen LogP contribution in [0, 0.1) is 31.0 Å². The van der Waals surface area contributed by atoms with Crippen LogP contribution in [-0.4, -0.2) is 14.5 Å². The molecule has 4 aromatic rings. The maximum Gasteiger partial charge on any atom is 0.142 e. The van der Waals surface area contributed by atoms with Gasteiger partial charge in [-0.2, -0.15) is 5.26 Å². The standard InChI is InChI=1S/C21H16FN5/c1-13-3-6-17(7-4-13)25-20-9-15(12-23)10-21(26-20)27-14(2)24-18-8-5-16(22)11-19(18)27/h3-11H,1-2H3,(H,25,26). The molecule has 2 heterocycles. The topological polar surface area (TPSA) is 66.5 Å². The van der Waals surface area contributed by atoms with Gasteiger partial charge >= 0.3 is 0 Å². The van der Waals surface area contributed by atoms with Crippen molar-refractivity contribution in [3.8, 4) is 11.9 Å². The molecule has 0 aliphatic carbocycles. The number of anilines is 2. The summed E-state index contributed by atoms with van der Waals surface area (Å²) in [4.78, 5) is 9.08. The lowest BCUT2D eigenvalue weighted by molar-refractivity contribution is 0.629. The summed E-state index contributed by atoms with van der Waals surface area (Å²) in [5, 5.41) is 12.6. The Labute approximate surface area is 155 Å². The van der Waals surface area contributed by atoms with E-state index in [4.69, 9.17) is 0 Å². The molecular formula is C21H16FN5. The molecule has 0 radical (unpaired) electrons. The molecule has 0 saturated heterocycles.